The number of aliphatic hydroxyl groups excluding tert-OH is 1. The van der Waals surface area contributed by atoms with E-state index in [0.29, 0.717) is 17.9 Å². The van der Waals surface area contributed by atoms with E-state index in [9.17, 15) is 15.0 Å². The number of rotatable bonds is 7. The number of aromatic hydroxyl groups is 2. The minimum Gasteiger partial charge on any atom is -0.508 e. The molecule has 0 radical (unpaired) electrons. The van der Waals surface area contributed by atoms with E-state index in [4.69, 9.17) is 10.8 Å². The van der Waals surface area contributed by atoms with E-state index in [1.807, 2.05) is 19.1 Å². The molecular weight excluding hydrogens is 334 g/mol. The number of carbonyl (C=O) groups is 1. The number of phenolic OH excluding ortho intramolecular Hbond substituents is 2. The lowest BCUT2D eigenvalue weighted by molar-refractivity contribution is -0.116. The number of phenols is 2. The van der Waals surface area contributed by atoms with Crippen LogP contribution in [0.25, 0.3) is 0 Å². The summed E-state index contributed by atoms with van der Waals surface area (Å²) >= 11 is 0. The molecule has 26 heavy (non-hydrogen) atoms. The summed E-state index contributed by atoms with van der Waals surface area (Å²) in [5.74, 6) is 0.0727. The maximum Gasteiger partial charge on any atom is 0.236 e. The number of carbonyl (C=O) groups excluding carboxylic acids is 1. The molecule has 0 saturated carbocycles. The van der Waals surface area contributed by atoms with Gasteiger partial charge in [-0.15, -0.1) is 0 Å². The van der Waals surface area contributed by atoms with Crippen LogP contribution in [0.1, 0.15) is 17.5 Å². The van der Waals surface area contributed by atoms with Crippen LogP contribution in [0.3, 0.4) is 0 Å². The van der Waals surface area contributed by atoms with Crippen LogP contribution in [-0.2, 0) is 4.79 Å². The van der Waals surface area contributed by atoms with Gasteiger partial charge in [0.2, 0.25) is 5.91 Å². The first-order chi connectivity index (χ1) is 12.3. The van der Waals surface area contributed by atoms with Crippen molar-refractivity contribution in [3.8, 4) is 11.5 Å². The van der Waals surface area contributed by atoms with Gasteiger partial charge in [-0.05, 0) is 43.5 Å². The lowest BCUT2D eigenvalue weighted by atomic mass is 10.2. The average Bonchev–Trinajstić information content (AvgIpc) is 2.60. The standard InChI is InChI=1S/C10H15NO2.C9H12N2O2/c1-8-3-4-9(7-10(8)13)11-5-2-6-12;1-6-2-3-7(4-8(6)12)11-5-9(10)13/h3-4,7,11-13H,2,5-6H2,1H3;2-4,11-12H,5H2,1H3,(H2,10,13). The molecule has 142 valence electrons. The van der Waals surface area contributed by atoms with Gasteiger partial charge in [-0.1, -0.05) is 12.1 Å². The van der Waals surface area contributed by atoms with Gasteiger partial charge in [0.15, 0.2) is 0 Å². The second kappa shape index (κ2) is 10.8. The molecule has 0 aliphatic rings. The molecule has 2 rings (SSSR count). The van der Waals surface area contributed by atoms with Crippen LogP contribution in [0.5, 0.6) is 11.5 Å². The lowest BCUT2D eigenvalue weighted by Gasteiger charge is -2.06. The number of primary amides is 1. The molecule has 0 unspecified atom stereocenters. The topological polar surface area (TPSA) is 128 Å². The molecule has 7 N–H and O–H groups in total. The molecule has 1 amide bonds. The maximum atomic E-state index is 10.4. The zero-order chi connectivity index (χ0) is 19.5. The van der Waals surface area contributed by atoms with Crippen molar-refractivity contribution in [1.29, 1.82) is 0 Å². The minimum absolute atomic E-state index is 0.0719. The van der Waals surface area contributed by atoms with Crippen LogP contribution in [0.15, 0.2) is 36.4 Å². The largest absolute Gasteiger partial charge is 0.508 e. The fourth-order valence-electron chi connectivity index (χ4n) is 1.94. The Kier molecular flexibility index (Phi) is 8.80. The molecule has 0 bridgehead atoms. The molecule has 2 aromatic carbocycles. The summed E-state index contributed by atoms with van der Waals surface area (Å²) in [7, 11) is 0. The molecule has 0 aromatic heterocycles. The molecule has 7 heteroatoms. The zero-order valence-electron chi connectivity index (χ0n) is 15.1. The van der Waals surface area contributed by atoms with E-state index in [2.05, 4.69) is 10.6 Å². The predicted octanol–water partition coefficient (Wildman–Crippen LogP) is 2.09. The highest BCUT2D eigenvalue weighted by Gasteiger charge is 1.99. The zero-order valence-corrected chi connectivity index (χ0v) is 15.1. The summed E-state index contributed by atoms with van der Waals surface area (Å²) < 4.78 is 0. The SMILES string of the molecule is Cc1ccc(NCC(N)=O)cc1O.Cc1ccc(NCCCO)cc1O. The van der Waals surface area contributed by atoms with Crippen molar-refractivity contribution in [3.05, 3.63) is 47.5 Å². The van der Waals surface area contributed by atoms with Gasteiger partial charge >= 0.3 is 0 Å². The van der Waals surface area contributed by atoms with Crippen molar-refractivity contribution in [2.24, 2.45) is 5.73 Å². The molecule has 0 atom stereocenters. The fourth-order valence-corrected chi connectivity index (χ4v) is 1.94. The number of nitrogens with two attached hydrogens (primary N) is 1. The quantitative estimate of drug-likeness (QED) is 0.419. The van der Waals surface area contributed by atoms with Crippen LogP contribution >= 0.6 is 0 Å². The first-order valence-electron chi connectivity index (χ1n) is 8.29. The molecule has 0 fully saturated rings. The third-order valence-electron chi connectivity index (χ3n) is 3.55. The highest BCUT2D eigenvalue weighted by atomic mass is 16.3. The third kappa shape index (κ3) is 7.76. The number of aryl methyl sites for hydroxylation is 2. The summed E-state index contributed by atoms with van der Waals surface area (Å²) in [5.41, 5.74) is 8.18. The van der Waals surface area contributed by atoms with Crippen LogP contribution in [0.4, 0.5) is 11.4 Å². The molecule has 0 spiro atoms. The third-order valence-corrected chi connectivity index (χ3v) is 3.55. The number of aliphatic hydroxyl groups is 1. The monoisotopic (exact) mass is 361 g/mol. The number of hydrogen-bond donors (Lipinski definition) is 6. The van der Waals surface area contributed by atoms with Gasteiger partial charge in [-0.25, -0.2) is 0 Å². The Morgan fingerprint density at radius 1 is 0.962 bits per heavy atom. The Morgan fingerprint density at radius 2 is 1.46 bits per heavy atom. The van der Waals surface area contributed by atoms with Gasteiger partial charge in [-0.2, -0.15) is 0 Å². The highest BCUT2D eigenvalue weighted by molar-refractivity contribution is 5.78. The molecular formula is C19H27N3O4. The lowest BCUT2D eigenvalue weighted by Crippen LogP contribution is -2.21. The summed E-state index contributed by atoms with van der Waals surface area (Å²) in [6.07, 6.45) is 0.717. The number of hydrogen-bond acceptors (Lipinski definition) is 6. The van der Waals surface area contributed by atoms with Gasteiger partial charge < -0.3 is 31.7 Å². The van der Waals surface area contributed by atoms with Crippen molar-refractivity contribution in [1.82, 2.24) is 0 Å². The molecule has 0 heterocycles. The van der Waals surface area contributed by atoms with Crippen LogP contribution in [0.2, 0.25) is 0 Å². The van der Waals surface area contributed by atoms with E-state index in [-0.39, 0.29) is 18.9 Å². The van der Waals surface area contributed by atoms with Crippen molar-refractivity contribution in [3.63, 3.8) is 0 Å². The van der Waals surface area contributed by atoms with Crippen LogP contribution < -0.4 is 16.4 Å². The van der Waals surface area contributed by atoms with Crippen molar-refractivity contribution in [2.45, 2.75) is 20.3 Å². The summed E-state index contributed by atoms with van der Waals surface area (Å²) in [4.78, 5) is 10.4. The Morgan fingerprint density at radius 3 is 1.88 bits per heavy atom. The van der Waals surface area contributed by atoms with Gasteiger partial charge in [0.1, 0.15) is 11.5 Å². The van der Waals surface area contributed by atoms with E-state index < -0.39 is 5.91 Å². The Bertz CT molecular complexity index is 720. The second-order valence-electron chi connectivity index (χ2n) is 5.83. The minimum atomic E-state index is -0.430. The number of benzene rings is 2. The first-order valence-corrected chi connectivity index (χ1v) is 8.29. The Balaban J connectivity index is 0.000000260. The normalized spacial score (nSPS) is 9.81. The van der Waals surface area contributed by atoms with Crippen molar-refractivity contribution >= 4 is 17.3 Å². The van der Waals surface area contributed by atoms with Crippen LogP contribution in [-0.4, -0.2) is 40.9 Å². The molecule has 0 aliphatic heterocycles. The van der Waals surface area contributed by atoms with E-state index in [0.717, 1.165) is 23.4 Å². The average molecular weight is 361 g/mol. The van der Waals surface area contributed by atoms with Gasteiger partial charge in [0.25, 0.3) is 0 Å². The second-order valence-corrected chi connectivity index (χ2v) is 5.83. The van der Waals surface area contributed by atoms with Gasteiger partial charge in [-0.3, -0.25) is 4.79 Å². The van der Waals surface area contributed by atoms with Gasteiger partial charge in [0.05, 0.1) is 6.54 Å². The number of anilines is 2. The first kappa shape index (κ1) is 21.1. The van der Waals surface area contributed by atoms with E-state index in [1.54, 1.807) is 31.2 Å². The van der Waals surface area contributed by atoms with Crippen LogP contribution in [0, 0.1) is 13.8 Å². The summed E-state index contributed by atoms with van der Waals surface area (Å²) in [5, 5.41) is 33.1. The van der Waals surface area contributed by atoms with E-state index in [1.165, 1.54) is 0 Å². The number of nitrogens with one attached hydrogen (secondary N) is 2. The van der Waals surface area contributed by atoms with Crippen molar-refractivity contribution in [2.75, 3.05) is 30.3 Å². The smallest absolute Gasteiger partial charge is 0.236 e. The molecule has 2 aromatic rings. The Labute approximate surface area is 153 Å². The predicted molar refractivity (Wildman–Crippen MR) is 104 cm³/mol. The fraction of sp³-hybridized carbons (Fsp3) is 0.316. The van der Waals surface area contributed by atoms with Crippen molar-refractivity contribution < 1.29 is 20.1 Å². The highest BCUT2D eigenvalue weighted by Crippen LogP contribution is 2.21. The molecule has 0 aliphatic carbocycles. The molecule has 0 saturated heterocycles. The summed E-state index contributed by atoms with van der Waals surface area (Å²) in [6, 6.07) is 10.5. The summed E-state index contributed by atoms with van der Waals surface area (Å²) in [6.45, 7) is 4.63. The van der Waals surface area contributed by atoms with Gasteiger partial charge in [0, 0.05) is 36.7 Å². The maximum absolute atomic E-state index is 10.4. The molecule has 7 nitrogen and oxygen atoms in total. The Hall–Kier alpha value is -2.93. The van der Waals surface area contributed by atoms with E-state index >= 15 is 0 Å². The number of amides is 1.